The zero-order chi connectivity index (χ0) is 21.6. The molecule has 0 bridgehead atoms. The van der Waals surface area contributed by atoms with Crippen molar-refractivity contribution in [2.75, 3.05) is 5.32 Å². The number of nitrogens with zero attached hydrogens (tertiary/aromatic N) is 5. The third kappa shape index (κ3) is 3.36. The normalized spacial score (nSPS) is 11.9. The van der Waals surface area contributed by atoms with Crippen molar-refractivity contribution < 1.29 is 22.4 Å². The van der Waals surface area contributed by atoms with Crippen LogP contribution in [0.15, 0.2) is 41.5 Å². The van der Waals surface area contributed by atoms with Gasteiger partial charge in [-0.05, 0) is 31.2 Å². The van der Waals surface area contributed by atoms with E-state index in [0.717, 1.165) is 27.4 Å². The molecule has 0 saturated heterocycles. The summed E-state index contributed by atoms with van der Waals surface area (Å²) in [4.78, 5) is 32.6. The number of hydrogen-bond donors (Lipinski definition) is 1. The molecule has 1 amide bonds. The molecule has 12 heteroatoms. The first-order valence-electron chi connectivity index (χ1n) is 8.51. The molecule has 8 nitrogen and oxygen atoms in total. The van der Waals surface area contributed by atoms with E-state index in [1.54, 1.807) is 6.92 Å². The van der Waals surface area contributed by atoms with Gasteiger partial charge in [0, 0.05) is 5.56 Å². The van der Waals surface area contributed by atoms with Crippen LogP contribution in [0.2, 0.25) is 0 Å². The van der Waals surface area contributed by atoms with Gasteiger partial charge in [-0.15, -0.1) is 0 Å². The summed E-state index contributed by atoms with van der Waals surface area (Å²) in [5.41, 5.74) is -1.55. The van der Waals surface area contributed by atoms with E-state index in [1.165, 1.54) is 12.3 Å². The van der Waals surface area contributed by atoms with Crippen LogP contribution < -0.4 is 10.9 Å². The predicted molar refractivity (Wildman–Crippen MR) is 97.3 cm³/mol. The van der Waals surface area contributed by atoms with Gasteiger partial charge in [0.15, 0.2) is 5.65 Å². The average molecular weight is 420 g/mol. The first-order chi connectivity index (χ1) is 14.1. The minimum absolute atomic E-state index is 0.0768. The molecule has 4 aromatic heterocycles. The maximum Gasteiger partial charge on any atom is 0.433 e. The molecule has 154 valence electrons. The highest BCUT2D eigenvalue weighted by Gasteiger charge is 2.33. The summed E-state index contributed by atoms with van der Waals surface area (Å²) in [5, 5.41) is 6.31. The van der Waals surface area contributed by atoms with Gasteiger partial charge in [-0.2, -0.15) is 22.8 Å². The van der Waals surface area contributed by atoms with Gasteiger partial charge in [0.2, 0.25) is 5.91 Å². The van der Waals surface area contributed by atoms with Crippen molar-refractivity contribution >= 4 is 28.4 Å². The second-order valence-corrected chi connectivity index (χ2v) is 6.43. The molecular weight excluding hydrogens is 408 g/mol. The van der Waals surface area contributed by atoms with Crippen molar-refractivity contribution in [3.05, 3.63) is 64.1 Å². The van der Waals surface area contributed by atoms with Crippen molar-refractivity contribution in [2.45, 2.75) is 19.6 Å². The number of carbonyl (C=O) groups is 1. The van der Waals surface area contributed by atoms with Crippen LogP contribution in [-0.4, -0.2) is 30.1 Å². The molecule has 0 aromatic carbocycles. The molecule has 0 radical (unpaired) electrons. The highest BCUT2D eigenvalue weighted by atomic mass is 19.4. The summed E-state index contributed by atoms with van der Waals surface area (Å²) in [5.74, 6) is -1.15. The summed E-state index contributed by atoms with van der Waals surface area (Å²) in [7, 11) is 0. The first kappa shape index (κ1) is 19.5. The third-order valence-corrected chi connectivity index (χ3v) is 4.31. The number of amides is 1. The van der Waals surface area contributed by atoms with E-state index in [-0.39, 0.29) is 22.5 Å². The molecule has 30 heavy (non-hydrogen) atoms. The fourth-order valence-corrected chi connectivity index (χ4v) is 3.00. The number of rotatable bonds is 3. The lowest BCUT2D eigenvalue weighted by Crippen LogP contribution is -2.30. The van der Waals surface area contributed by atoms with Crippen LogP contribution in [0.4, 0.5) is 23.4 Å². The van der Waals surface area contributed by atoms with E-state index in [0.29, 0.717) is 11.6 Å². The highest BCUT2D eigenvalue weighted by Crippen LogP contribution is 2.28. The Morgan fingerprint density at radius 3 is 2.60 bits per heavy atom. The molecule has 0 fully saturated rings. The summed E-state index contributed by atoms with van der Waals surface area (Å²) >= 11 is 0. The van der Waals surface area contributed by atoms with E-state index in [4.69, 9.17) is 0 Å². The van der Waals surface area contributed by atoms with Crippen LogP contribution in [0.5, 0.6) is 0 Å². The fraction of sp³-hybridized carbons (Fsp3) is 0.167. The van der Waals surface area contributed by atoms with Crippen LogP contribution in [-0.2, 0) is 17.5 Å². The molecule has 0 spiro atoms. The lowest BCUT2D eigenvalue weighted by molar-refractivity contribution is -0.141. The summed E-state index contributed by atoms with van der Waals surface area (Å²) in [6.45, 7) is 1.13. The van der Waals surface area contributed by atoms with Crippen molar-refractivity contribution in [1.29, 1.82) is 0 Å². The van der Waals surface area contributed by atoms with E-state index < -0.39 is 35.7 Å². The Balaban J connectivity index is 1.82. The number of halogens is 4. The Morgan fingerprint density at radius 1 is 1.17 bits per heavy atom. The number of aryl methyl sites for hydroxylation is 1. The number of nitrogens with one attached hydrogen (secondary N) is 1. The van der Waals surface area contributed by atoms with Gasteiger partial charge in [0.05, 0.1) is 17.8 Å². The monoisotopic (exact) mass is 420 g/mol. The SMILES string of the molecule is Cc1cnn2c3nc(C(F)(F)F)ccc3c(=O)n(CC(=O)Nc3ccc(F)cn3)c12. The largest absolute Gasteiger partial charge is 0.433 e. The second kappa shape index (κ2) is 6.90. The Morgan fingerprint density at radius 2 is 1.93 bits per heavy atom. The first-order valence-corrected chi connectivity index (χ1v) is 8.51. The summed E-state index contributed by atoms with van der Waals surface area (Å²) in [6, 6.07) is 4.05. The Labute approximate surface area is 164 Å². The van der Waals surface area contributed by atoms with Gasteiger partial charge in [0.1, 0.15) is 29.5 Å². The Hall–Kier alpha value is -3.83. The maximum absolute atomic E-state index is 13.0. The fourth-order valence-electron chi connectivity index (χ4n) is 3.00. The van der Waals surface area contributed by atoms with E-state index >= 15 is 0 Å². The number of pyridine rings is 2. The van der Waals surface area contributed by atoms with Crippen molar-refractivity contribution in [1.82, 2.24) is 24.1 Å². The molecule has 0 atom stereocenters. The molecule has 4 aromatic rings. The minimum atomic E-state index is -4.69. The van der Waals surface area contributed by atoms with Gasteiger partial charge in [-0.25, -0.2) is 14.4 Å². The Kier molecular flexibility index (Phi) is 4.48. The van der Waals surface area contributed by atoms with Gasteiger partial charge in [-0.3, -0.25) is 14.2 Å². The second-order valence-electron chi connectivity index (χ2n) is 6.43. The third-order valence-electron chi connectivity index (χ3n) is 4.31. The Bertz CT molecular complexity index is 1340. The molecule has 4 rings (SSSR count). The molecular formula is C18H12F4N6O2. The minimum Gasteiger partial charge on any atom is -0.309 e. The summed E-state index contributed by atoms with van der Waals surface area (Å²) < 4.78 is 54.3. The van der Waals surface area contributed by atoms with Gasteiger partial charge >= 0.3 is 6.18 Å². The molecule has 0 aliphatic heterocycles. The smallest absolute Gasteiger partial charge is 0.309 e. The standard InChI is InChI=1S/C18H12F4N6O2/c1-9-6-24-28-15-11(3-4-12(25-15)18(20,21)22)17(30)27(16(9)28)8-14(29)26-13-5-2-10(19)7-23-13/h2-7H,8H2,1H3,(H,23,26,29). The van der Waals surface area contributed by atoms with Crippen molar-refractivity contribution in [3.63, 3.8) is 0 Å². The zero-order valence-electron chi connectivity index (χ0n) is 15.2. The van der Waals surface area contributed by atoms with Crippen molar-refractivity contribution in [3.8, 4) is 0 Å². The molecule has 0 unspecified atom stereocenters. The van der Waals surface area contributed by atoms with E-state index in [9.17, 15) is 27.2 Å². The topological polar surface area (TPSA) is 94.2 Å². The number of fused-ring (bicyclic) bond motifs is 3. The van der Waals surface area contributed by atoms with Crippen LogP contribution in [0.1, 0.15) is 11.3 Å². The number of alkyl halides is 3. The van der Waals surface area contributed by atoms with Crippen LogP contribution >= 0.6 is 0 Å². The number of aromatic nitrogens is 5. The highest BCUT2D eigenvalue weighted by molar-refractivity contribution is 5.90. The summed E-state index contributed by atoms with van der Waals surface area (Å²) in [6.07, 6.45) is -2.42. The lowest BCUT2D eigenvalue weighted by atomic mass is 10.2. The van der Waals surface area contributed by atoms with E-state index in [1.807, 2.05) is 0 Å². The zero-order valence-corrected chi connectivity index (χ0v) is 15.2. The van der Waals surface area contributed by atoms with Gasteiger partial charge in [-0.1, -0.05) is 0 Å². The molecule has 1 N–H and O–H groups in total. The van der Waals surface area contributed by atoms with Gasteiger partial charge < -0.3 is 5.32 Å². The van der Waals surface area contributed by atoms with Crippen LogP contribution in [0, 0.1) is 12.7 Å². The molecule has 0 saturated carbocycles. The number of carbonyl (C=O) groups excluding carboxylic acids is 1. The number of anilines is 1. The van der Waals surface area contributed by atoms with Crippen LogP contribution in [0.3, 0.4) is 0 Å². The molecule has 4 heterocycles. The average Bonchev–Trinajstić information content (AvgIpc) is 3.07. The van der Waals surface area contributed by atoms with Gasteiger partial charge in [0.25, 0.3) is 5.56 Å². The van der Waals surface area contributed by atoms with E-state index in [2.05, 4.69) is 20.4 Å². The number of hydrogen-bond acceptors (Lipinski definition) is 5. The molecule has 0 aliphatic carbocycles. The molecule has 0 aliphatic rings. The predicted octanol–water partition coefficient (Wildman–Crippen LogP) is 2.54. The van der Waals surface area contributed by atoms with Crippen LogP contribution in [0.25, 0.3) is 16.7 Å². The maximum atomic E-state index is 13.0. The quantitative estimate of drug-likeness (QED) is 0.514. The lowest BCUT2D eigenvalue weighted by Gasteiger charge is -2.13. The van der Waals surface area contributed by atoms with Crippen molar-refractivity contribution in [2.24, 2.45) is 0 Å².